The molecule has 11 heteroatoms. The number of halogens is 4. The molecule has 4 aromatic rings. The number of amides is 1. The molecule has 0 aliphatic rings. The number of nitrogens with two attached hydrogens (primary N) is 1. The highest BCUT2D eigenvalue weighted by atomic mass is 19.4. The number of alkyl halides is 3. The van der Waals surface area contributed by atoms with Gasteiger partial charge >= 0.3 is 6.18 Å². The Morgan fingerprint density at radius 3 is 2.42 bits per heavy atom. The molecule has 1 aromatic heterocycles. The summed E-state index contributed by atoms with van der Waals surface area (Å²) in [7, 11) is 1.36. The molecular weight excluding hydrogens is 502 g/mol. The summed E-state index contributed by atoms with van der Waals surface area (Å²) in [5.74, 6) is -1.34. The van der Waals surface area contributed by atoms with Crippen LogP contribution in [0.25, 0.3) is 11.3 Å². The van der Waals surface area contributed by atoms with E-state index in [-0.39, 0.29) is 34.7 Å². The van der Waals surface area contributed by atoms with Crippen molar-refractivity contribution in [2.45, 2.75) is 18.8 Å². The standard InChI is InChI=1S/C27H21F4N5O2/c1-38-22-12-11-19(28)13-20(22)26(37)34-15-16-7-9-17(10-8-16)23-21(14-32)25(33)36(35-23)24(27(29,30)31)18-5-3-2-4-6-18/h2-13,24H,15,33H2,1H3,(H,34,37). The number of hydrogen-bond acceptors (Lipinski definition) is 5. The molecule has 1 atom stereocenters. The SMILES string of the molecule is COc1ccc(F)cc1C(=O)NCc1ccc(-c2nn(C(c3ccccc3)C(F)(F)F)c(N)c2C#N)cc1. The van der Waals surface area contributed by atoms with Crippen LogP contribution in [-0.2, 0) is 6.54 Å². The molecule has 0 aliphatic heterocycles. The Bertz CT molecular complexity index is 1490. The summed E-state index contributed by atoms with van der Waals surface area (Å²) in [5, 5.41) is 16.4. The Balaban J connectivity index is 1.59. The summed E-state index contributed by atoms with van der Waals surface area (Å²) in [6, 6.07) is 16.8. The highest BCUT2D eigenvalue weighted by Crippen LogP contribution is 2.39. The number of benzene rings is 3. The highest BCUT2D eigenvalue weighted by molar-refractivity contribution is 5.96. The molecule has 0 fully saturated rings. The normalized spacial score (nSPS) is 12.0. The van der Waals surface area contributed by atoms with Crippen LogP contribution >= 0.6 is 0 Å². The maximum absolute atomic E-state index is 14.1. The number of hydrogen-bond donors (Lipinski definition) is 2. The lowest BCUT2D eigenvalue weighted by Gasteiger charge is -2.22. The van der Waals surface area contributed by atoms with E-state index in [2.05, 4.69) is 10.4 Å². The quantitative estimate of drug-likeness (QED) is 0.323. The average molecular weight is 523 g/mol. The molecule has 0 aliphatic carbocycles. The fourth-order valence-corrected chi connectivity index (χ4v) is 3.98. The number of ether oxygens (including phenoxy) is 1. The van der Waals surface area contributed by atoms with E-state index in [4.69, 9.17) is 10.5 Å². The van der Waals surface area contributed by atoms with Crippen molar-refractivity contribution >= 4 is 11.7 Å². The number of nitrogens with one attached hydrogen (secondary N) is 1. The molecule has 38 heavy (non-hydrogen) atoms. The summed E-state index contributed by atoms with van der Waals surface area (Å²) in [6.07, 6.45) is -4.72. The van der Waals surface area contributed by atoms with Gasteiger partial charge < -0.3 is 15.8 Å². The van der Waals surface area contributed by atoms with E-state index in [0.29, 0.717) is 15.8 Å². The van der Waals surface area contributed by atoms with Crippen LogP contribution in [0.1, 0.15) is 33.1 Å². The van der Waals surface area contributed by atoms with Crippen molar-refractivity contribution in [3.8, 4) is 23.1 Å². The fourth-order valence-electron chi connectivity index (χ4n) is 3.98. The van der Waals surface area contributed by atoms with Crippen LogP contribution in [0.4, 0.5) is 23.4 Å². The van der Waals surface area contributed by atoms with Crippen molar-refractivity contribution in [3.63, 3.8) is 0 Å². The first-order valence-corrected chi connectivity index (χ1v) is 11.2. The van der Waals surface area contributed by atoms with Gasteiger partial charge in [-0.3, -0.25) is 4.79 Å². The van der Waals surface area contributed by atoms with Gasteiger partial charge in [-0.25, -0.2) is 9.07 Å². The summed E-state index contributed by atoms with van der Waals surface area (Å²) >= 11 is 0. The number of anilines is 1. The van der Waals surface area contributed by atoms with E-state index < -0.39 is 29.8 Å². The zero-order chi connectivity index (χ0) is 27.4. The molecule has 3 N–H and O–H groups in total. The minimum Gasteiger partial charge on any atom is -0.496 e. The summed E-state index contributed by atoms with van der Waals surface area (Å²) in [5.41, 5.74) is 6.75. The second kappa shape index (κ2) is 10.6. The summed E-state index contributed by atoms with van der Waals surface area (Å²) < 4.78 is 61.4. The zero-order valence-electron chi connectivity index (χ0n) is 20.0. The van der Waals surface area contributed by atoms with Crippen LogP contribution in [0, 0.1) is 17.1 Å². The van der Waals surface area contributed by atoms with Gasteiger partial charge in [0.25, 0.3) is 5.91 Å². The van der Waals surface area contributed by atoms with E-state index in [1.165, 1.54) is 43.5 Å². The molecule has 3 aromatic carbocycles. The summed E-state index contributed by atoms with van der Waals surface area (Å²) in [6.45, 7) is 0.0740. The van der Waals surface area contributed by atoms with Crippen LogP contribution in [0.2, 0.25) is 0 Å². The van der Waals surface area contributed by atoms with Gasteiger partial charge in [0.15, 0.2) is 6.04 Å². The molecule has 0 spiro atoms. The number of carbonyl (C=O) groups is 1. The van der Waals surface area contributed by atoms with Gasteiger partial charge in [-0.2, -0.15) is 23.5 Å². The van der Waals surface area contributed by atoms with E-state index >= 15 is 0 Å². The molecular formula is C27H21F4N5O2. The molecule has 0 bridgehead atoms. The average Bonchev–Trinajstić information content (AvgIpc) is 3.22. The van der Waals surface area contributed by atoms with E-state index in [0.717, 1.165) is 6.07 Å². The van der Waals surface area contributed by atoms with Gasteiger partial charge in [-0.1, -0.05) is 54.6 Å². The van der Waals surface area contributed by atoms with E-state index in [1.807, 2.05) is 6.07 Å². The fraction of sp³-hybridized carbons (Fsp3) is 0.148. The van der Waals surface area contributed by atoms with Crippen molar-refractivity contribution in [1.29, 1.82) is 5.26 Å². The molecule has 7 nitrogen and oxygen atoms in total. The second-order valence-electron chi connectivity index (χ2n) is 8.24. The number of nitrogen functional groups attached to an aromatic ring is 1. The van der Waals surface area contributed by atoms with Crippen molar-refractivity contribution < 1.29 is 27.1 Å². The minimum absolute atomic E-state index is 0.00439. The number of nitriles is 1. The van der Waals surface area contributed by atoms with Crippen molar-refractivity contribution in [2.24, 2.45) is 0 Å². The third kappa shape index (κ3) is 5.29. The third-order valence-corrected chi connectivity index (χ3v) is 5.82. The molecule has 1 heterocycles. The lowest BCUT2D eigenvalue weighted by atomic mass is 10.1. The second-order valence-corrected chi connectivity index (χ2v) is 8.24. The Labute approximate surface area is 215 Å². The minimum atomic E-state index is -4.72. The lowest BCUT2D eigenvalue weighted by molar-refractivity contribution is -0.158. The third-order valence-electron chi connectivity index (χ3n) is 5.82. The predicted octanol–water partition coefficient (Wildman–Crippen LogP) is 5.23. The van der Waals surface area contributed by atoms with Crippen molar-refractivity contribution in [2.75, 3.05) is 12.8 Å². The highest BCUT2D eigenvalue weighted by Gasteiger charge is 2.44. The Morgan fingerprint density at radius 1 is 1.13 bits per heavy atom. The number of rotatable bonds is 7. The Morgan fingerprint density at radius 2 is 1.82 bits per heavy atom. The van der Waals surface area contributed by atoms with Gasteiger partial charge in [0.05, 0.1) is 12.7 Å². The Kier molecular flexibility index (Phi) is 7.34. The summed E-state index contributed by atoms with van der Waals surface area (Å²) in [4.78, 5) is 12.5. The zero-order valence-corrected chi connectivity index (χ0v) is 20.0. The molecule has 0 saturated heterocycles. The predicted molar refractivity (Wildman–Crippen MR) is 132 cm³/mol. The van der Waals surface area contributed by atoms with Crippen LogP contribution in [0.5, 0.6) is 5.75 Å². The van der Waals surface area contributed by atoms with Gasteiger partial charge in [0.1, 0.15) is 34.7 Å². The molecule has 1 unspecified atom stereocenters. The number of carbonyl (C=O) groups excluding carboxylic acids is 1. The number of nitrogens with zero attached hydrogens (tertiary/aromatic N) is 3. The maximum atomic E-state index is 14.1. The van der Waals surface area contributed by atoms with Gasteiger partial charge in [0.2, 0.25) is 0 Å². The van der Waals surface area contributed by atoms with Crippen LogP contribution < -0.4 is 15.8 Å². The van der Waals surface area contributed by atoms with Crippen molar-refractivity contribution in [3.05, 3.63) is 101 Å². The van der Waals surface area contributed by atoms with Crippen LogP contribution in [0.15, 0.2) is 72.8 Å². The van der Waals surface area contributed by atoms with Gasteiger partial charge in [-0.15, -0.1) is 0 Å². The van der Waals surface area contributed by atoms with Gasteiger partial charge in [-0.05, 0) is 29.3 Å². The molecule has 4 rings (SSSR count). The first-order chi connectivity index (χ1) is 18.1. The van der Waals surface area contributed by atoms with E-state index in [9.17, 15) is 27.6 Å². The molecule has 0 saturated carbocycles. The van der Waals surface area contributed by atoms with Gasteiger partial charge in [0, 0.05) is 12.1 Å². The van der Waals surface area contributed by atoms with Crippen LogP contribution in [-0.4, -0.2) is 29.0 Å². The monoisotopic (exact) mass is 523 g/mol. The van der Waals surface area contributed by atoms with E-state index in [1.54, 1.807) is 30.3 Å². The Hall–Kier alpha value is -4.85. The lowest BCUT2D eigenvalue weighted by Crippen LogP contribution is -2.29. The molecule has 1 amide bonds. The maximum Gasteiger partial charge on any atom is 0.415 e. The first-order valence-electron chi connectivity index (χ1n) is 11.2. The smallest absolute Gasteiger partial charge is 0.415 e. The number of methoxy groups -OCH3 is 1. The first kappa shape index (κ1) is 26.2. The number of aromatic nitrogens is 2. The topological polar surface area (TPSA) is 106 Å². The van der Waals surface area contributed by atoms with Crippen LogP contribution in [0.3, 0.4) is 0 Å². The molecule has 194 valence electrons. The largest absolute Gasteiger partial charge is 0.496 e. The molecule has 0 radical (unpaired) electrons. The van der Waals surface area contributed by atoms with Crippen molar-refractivity contribution in [1.82, 2.24) is 15.1 Å².